The summed E-state index contributed by atoms with van der Waals surface area (Å²) in [7, 11) is 2.07. The SMILES string of the molecule is CN1C=C2CC1CN2CC(N)=O. The van der Waals surface area contributed by atoms with Crippen LogP contribution in [0.4, 0.5) is 0 Å². The highest BCUT2D eigenvalue weighted by molar-refractivity contribution is 5.76. The zero-order valence-corrected chi connectivity index (χ0v) is 7.16. The molecule has 1 amide bonds. The Morgan fingerprint density at radius 3 is 3.00 bits per heavy atom. The van der Waals surface area contributed by atoms with Gasteiger partial charge in [-0.3, -0.25) is 4.79 Å². The zero-order valence-electron chi connectivity index (χ0n) is 7.16. The Morgan fingerprint density at radius 1 is 1.83 bits per heavy atom. The quantitative estimate of drug-likeness (QED) is 0.593. The molecule has 0 aromatic carbocycles. The van der Waals surface area contributed by atoms with Gasteiger partial charge >= 0.3 is 0 Å². The lowest BCUT2D eigenvalue weighted by molar-refractivity contribution is -0.118. The van der Waals surface area contributed by atoms with Gasteiger partial charge in [0.05, 0.1) is 12.6 Å². The van der Waals surface area contributed by atoms with Gasteiger partial charge in [-0.25, -0.2) is 0 Å². The molecule has 4 heteroatoms. The third-order valence-corrected chi connectivity index (χ3v) is 2.56. The van der Waals surface area contributed by atoms with E-state index in [1.54, 1.807) is 0 Å². The first-order valence-electron chi connectivity index (χ1n) is 4.12. The van der Waals surface area contributed by atoms with Crippen molar-refractivity contribution in [1.29, 1.82) is 0 Å². The Bertz CT molecular complexity index is 249. The molecule has 0 aliphatic carbocycles. The minimum atomic E-state index is -0.244. The Balaban J connectivity index is 2.05. The highest BCUT2D eigenvalue weighted by atomic mass is 16.1. The van der Waals surface area contributed by atoms with Gasteiger partial charge in [-0.1, -0.05) is 0 Å². The number of rotatable bonds is 2. The molecule has 0 aromatic heterocycles. The lowest BCUT2D eigenvalue weighted by atomic mass is 10.3. The summed E-state index contributed by atoms with van der Waals surface area (Å²) in [5, 5.41) is 0. The van der Waals surface area contributed by atoms with Crippen molar-refractivity contribution >= 4 is 5.91 Å². The summed E-state index contributed by atoms with van der Waals surface area (Å²) >= 11 is 0. The molecule has 0 saturated carbocycles. The van der Waals surface area contributed by atoms with E-state index in [-0.39, 0.29) is 5.91 Å². The monoisotopic (exact) mass is 167 g/mol. The molecule has 2 bridgehead atoms. The number of likely N-dealkylation sites (N-methyl/N-ethyl adjacent to an activating group) is 1. The van der Waals surface area contributed by atoms with Crippen molar-refractivity contribution in [2.75, 3.05) is 20.1 Å². The Hall–Kier alpha value is -1.19. The molecular formula is C8H13N3O. The van der Waals surface area contributed by atoms with E-state index in [1.807, 2.05) is 0 Å². The fourth-order valence-corrected chi connectivity index (χ4v) is 1.91. The van der Waals surface area contributed by atoms with Crippen molar-refractivity contribution < 1.29 is 4.79 Å². The van der Waals surface area contributed by atoms with Crippen LogP contribution in [-0.2, 0) is 4.79 Å². The number of primary amides is 1. The van der Waals surface area contributed by atoms with Crippen LogP contribution in [0.2, 0.25) is 0 Å². The summed E-state index contributed by atoms with van der Waals surface area (Å²) in [5.74, 6) is -0.244. The van der Waals surface area contributed by atoms with Gasteiger partial charge in [-0.05, 0) is 0 Å². The van der Waals surface area contributed by atoms with Gasteiger partial charge in [-0.15, -0.1) is 0 Å². The van der Waals surface area contributed by atoms with Crippen molar-refractivity contribution in [3.63, 3.8) is 0 Å². The Labute approximate surface area is 71.6 Å². The van der Waals surface area contributed by atoms with Gasteiger partial charge in [-0.2, -0.15) is 0 Å². The van der Waals surface area contributed by atoms with E-state index < -0.39 is 0 Å². The minimum Gasteiger partial charge on any atom is -0.374 e. The number of carbonyl (C=O) groups is 1. The largest absolute Gasteiger partial charge is 0.374 e. The Morgan fingerprint density at radius 2 is 2.58 bits per heavy atom. The number of likely N-dealkylation sites (tertiary alicyclic amines) is 1. The van der Waals surface area contributed by atoms with Gasteiger partial charge in [0.2, 0.25) is 5.91 Å². The van der Waals surface area contributed by atoms with Gasteiger partial charge in [0.25, 0.3) is 0 Å². The third kappa shape index (κ3) is 1.03. The fraction of sp³-hybridized carbons (Fsp3) is 0.625. The third-order valence-electron chi connectivity index (χ3n) is 2.56. The molecule has 2 aliphatic rings. The molecule has 1 unspecified atom stereocenters. The van der Waals surface area contributed by atoms with Crippen LogP contribution in [0.1, 0.15) is 6.42 Å². The first kappa shape index (κ1) is 7.46. The second-order valence-electron chi connectivity index (χ2n) is 3.49. The number of hydrogen-bond acceptors (Lipinski definition) is 3. The topological polar surface area (TPSA) is 49.6 Å². The van der Waals surface area contributed by atoms with Gasteiger partial charge < -0.3 is 15.5 Å². The van der Waals surface area contributed by atoms with Crippen molar-refractivity contribution in [1.82, 2.24) is 9.80 Å². The molecule has 4 nitrogen and oxygen atoms in total. The van der Waals surface area contributed by atoms with Crippen LogP contribution < -0.4 is 5.73 Å². The van der Waals surface area contributed by atoms with E-state index in [9.17, 15) is 4.79 Å². The summed E-state index contributed by atoms with van der Waals surface area (Å²) in [5.41, 5.74) is 6.37. The average molecular weight is 167 g/mol. The van der Waals surface area contributed by atoms with Crippen LogP contribution in [0.3, 0.4) is 0 Å². The molecule has 1 atom stereocenters. The number of nitrogens with two attached hydrogens (primary N) is 1. The molecule has 1 saturated heterocycles. The normalized spacial score (nSPS) is 26.4. The molecule has 12 heavy (non-hydrogen) atoms. The van der Waals surface area contributed by atoms with E-state index >= 15 is 0 Å². The summed E-state index contributed by atoms with van der Waals surface area (Å²) in [6.45, 7) is 1.32. The summed E-state index contributed by atoms with van der Waals surface area (Å²) < 4.78 is 0. The van der Waals surface area contributed by atoms with Crippen LogP contribution >= 0.6 is 0 Å². The second kappa shape index (κ2) is 2.40. The maximum atomic E-state index is 10.7. The minimum absolute atomic E-state index is 0.244. The van der Waals surface area contributed by atoms with Gasteiger partial charge in [0.1, 0.15) is 0 Å². The highest BCUT2D eigenvalue weighted by Gasteiger charge is 2.34. The number of amides is 1. The number of hydrogen-bond donors (Lipinski definition) is 1. The lowest BCUT2D eigenvalue weighted by Gasteiger charge is -2.27. The molecule has 0 radical (unpaired) electrons. The number of fused-ring (bicyclic) bond motifs is 2. The van der Waals surface area contributed by atoms with E-state index in [1.165, 1.54) is 5.70 Å². The zero-order chi connectivity index (χ0) is 8.72. The summed E-state index contributed by atoms with van der Waals surface area (Å²) in [6, 6.07) is 0.569. The van der Waals surface area contributed by atoms with Gasteiger partial charge in [0.15, 0.2) is 0 Å². The maximum absolute atomic E-state index is 10.7. The smallest absolute Gasteiger partial charge is 0.236 e. The predicted molar refractivity (Wildman–Crippen MR) is 45.0 cm³/mol. The molecule has 2 heterocycles. The van der Waals surface area contributed by atoms with Gasteiger partial charge in [0, 0.05) is 31.9 Å². The van der Waals surface area contributed by atoms with Crippen LogP contribution in [0.25, 0.3) is 0 Å². The molecular weight excluding hydrogens is 154 g/mol. The van der Waals surface area contributed by atoms with Crippen molar-refractivity contribution in [3.8, 4) is 0 Å². The van der Waals surface area contributed by atoms with Crippen molar-refractivity contribution in [3.05, 3.63) is 11.9 Å². The summed E-state index contributed by atoms with van der Waals surface area (Å²) in [4.78, 5) is 14.9. The summed E-state index contributed by atoms with van der Waals surface area (Å²) in [6.07, 6.45) is 3.17. The molecule has 1 fully saturated rings. The van der Waals surface area contributed by atoms with Crippen LogP contribution in [-0.4, -0.2) is 41.9 Å². The first-order chi connectivity index (χ1) is 5.66. The highest BCUT2D eigenvalue weighted by Crippen LogP contribution is 2.30. The molecule has 0 spiro atoms. The number of carbonyl (C=O) groups excluding carboxylic acids is 1. The van der Waals surface area contributed by atoms with E-state index in [2.05, 4.69) is 23.0 Å². The van der Waals surface area contributed by atoms with E-state index in [0.717, 1.165) is 13.0 Å². The molecule has 2 aliphatic heterocycles. The van der Waals surface area contributed by atoms with Crippen LogP contribution in [0, 0.1) is 0 Å². The van der Waals surface area contributed by atoms with Crippen molar-refractivity contribution in [2.24, 2.45) is 5.73 Å². The lowest BCUT2D eigenvalue weighted by Crippen LogP contribution is -2.38. The Kier molecular flexibility index (Phi) is 1.49. The van der Waals surface area contributed by atoms with Crippen molar-refractivity contribution in [2.45, 2.75) is 12.5 Å². The van der Waals surface area contributed by atoms with E-state index in [0.29, 0.717) is 12.6 Å². The average Bonchev–Trinajstić information content (AvgIpc) is 2.44. The maximum Gasteiger partial charge on any atom is 0.236 e. The molecule has 66 valence electrons. The first-order valence-corrected chi connectivity index (χ1v) is 4.12. The second-order valence-corrected chi connectivity index (χ2v) is 3.49. The van der Waals surface area contributed by atoms with E-state index in [4.69, 9.17) is 5.73 Å². The fourth-order valence-electron chi connectivity index (χ4n) is 1.91. The predicted octanol–water partition coefficient (Wildman–Crippen LogP) is -0.667. The standard InChI is InChI=1S/C8H13N3O/c1-10-3-7-2-6(10)4-11(7)5-8(9)12/h3,6H,2,4-5H2,1H3,(H2,9,12). The molecule has 2 rings (SSSR count). The molecule has 2 N–H and O–H groups in total. The van der Waals surface area contributed by atoms with Crippen LogP contribution in [0.5, 0.6) is 0 Å². The van der Waals surface area contributed by atoms with Crippen LogP contribution in [0.15, 0.2) is 11.9 Å². The number of nitrogens with zero attached hydrogens (tertiary/aromatic N) is 2. The molecule has 0 aromatic rings.